The highest BCUT2D eigenvalue weighted by Crippen LogP contribution is 2.27. The highest BCUT2D eigenvalue weighted by atomic mass is 19.4. The number of rotatable bonds is 6. The summed E-state index contributed by atoms with van der Waals surface area (Å²) in [6.07, 6.45) is -1.02. The first-order chi connectivity index (χ1) is 11.1. The molecule has 0 aromatic carbocycles. The van der Waals surface area contributed by atoms with Gasteiger partial charge in [0.05, 0.1) is 18.3 Å². The van der Waals surface area contributed by atoms with Crippen LogP contribution >= 0.6 is 0 Å². The van der Waals surface area contributed by atoms with E-state index < -0.39 is 29.8 Å². The molecule has 11 heteroatoms. The summed E-state index contributed by atoms with van der Waals surface area (Å²) in [7, 11) is 0. The van der Waals surface area contributed by atoms with Crippen molar-refractivity contribution in [2.75, 3.05) is 0 Å². The van der Waals surface area contributed by atoms with E-state index in [9.17, 15) is 22.8 Å². The number of nitrogens with zero attached hydrogens (tertiary/aromatic N) is 4. The highest BCUT2D eigenvalue weighted by Gasteiger charge is 2.33. The SMILES string of the molecule is CC(Cn1ccc(C(F)(F)F)n1)NC(=O)Cn1cc(C(=O)O)cn1. The van der Waals surface area contributed by atoms with Crippen LogP contribution in [0.1, 0.15) is 23.0 Å². The van der Waals surface area contributed by atoms with Crippen LogP contribution in [0, 0.1) is 0 Å². The highest BCUT2D eigenvalue weighted by molar-refractivity contribution is 5.87. The summed E-state index contributed by atoms with van der Waals surface area (Å²) < 4.78 is 39.6. The number of nitrogens with one attached hydrogen (secondary N) is 1. The molecule has 1 atom stereocenters. The van der Waals surface area contributed by atoms with Crippen LogP contribution in [0.2, 0.25) is 0 Å². The summed E-state index contributed by atoms with van der Waals surface area (Å²) in [6, 6.07) is 0.374. The monoisotopic (exact) mass is 345 g/mol. The number of aromatic carboxylic acids is 1. The van der Waals surface area contributed by atoms with Crippen molar-refractivity contribution in [2.45, 2.75) is 32.2 Å². The molecule has 0 fully saturated rings. The van der Waals surface area contributed by atoms with E-state index >= 15 is 0 Å². The maximum Gasteiger partial charge on any atom is 0.435 e. The first-order valence-electron chi connectivity index (χ1n) is 6.81. The lowest BCUT2D eigenvalue weighted by Gasteiger charge is -2.14. The van der Waals surface area contributed by atoms with E-state index in [2.05, 4.69) is 15.5 Å². The van der Waals surface area contributed by atoms with Crippen LogP contribution in [0.25, 0.3) is 0 Å². The van der Waals surface area contributed by atoms with Crippen LogP contribution in [0.15, 0.2) is 24.7 Å². The average molecular weight is 345 g/mol. The summed E-state index contributed by atoms with van der Waals surface area (Å²) in [4.78, 5) is 22.5. The lowest BCUT2D eigenvalue weighted by molar-refractivity contribution is -0.141. The normalized spacial score (nSPS) is 12.8. The molecule has 2 aromatic rings. The van der Waals surface area contributed by atoms with E-state index in [0.29, 0.717) is 0 Å². The fourth-order valence-corrected chi connectivity index (χ4v) is 1.97. The van der Waals surface area contributed by atoms with Gasteiger partial charge < -0.3 is 10.4 Å². The quantitative estimate of drug-likeness (QED) is 0.813. The van der Waals surface area contributed by atoms with Crippen molar-refractivity contribution in [1.29, 1.82) is 0 Å². The van der Waals surface area contributed by atoms with E-state index in [1.165, 1.54) is 12.4 Å². The third-order valence-electron chi connectivity index (χ3n) is 2.99. The number of carboxylic acid groups (broad SMARTS) is 1. The number of carbonyl (C=O) groups excluding carboxylic acids is 1. The Morgan fingerprint density at radius 2 is 2.08 bits per heavy atom. The minimum Gasteiger partial charge on any atom is -0.478 e. The topological polar surface area (TPSA) is 102 Å². The third-order valence-corrected chi connectivity index (χ3v) is 2.99. The number of amides is 1. The maximum absolute atomic E-state index is 12.5. The molecule has 24 heavy (non-hydrogen) atoms. The van der Waals surface area contributed by atoms with Gasteiger partial charge in [-0.05, 0) is 13.0 Å². The van der Waals surface area contributed by atoms with Gasteiger partial charge >= 0.3 is 12.1 Å². The van der Waals surface area contributed by atoms with Crippen molar-refractivity contribution in [3.8, 4) is 0 Å². The fraction of sp³-hybridized carbons (Fsp3) is 0.385. The Hall–Kier alpha value is -2.85. The lowest BCUT2D eigenvalue weighted by Crippen LogP contribution is -2.38. The molecule has 2 rings (SSSR count). The minimum atomic E-state index is -4.51. The summed E-state index contributed by atoms with van der Waals surface area (Å²) in [6.45, 7) is 1.46. The number of carboxylic acids is 1. The molecule has 2 N–H and O–H groups in total. The first kappa shape index (κ1) is 17.5. The van der Waals surface area contributed by atoms with Crippen molar-refractivity contribution in [3.63, 3.8) is 0 Å². The van der Waals surface area contributed by atoms with E-state index in [-0.39, 0.29) is 18.7 Å². The van der Waals surface area contributed by atoms with Crippen LogP contribution in [0.4, 0.5) is 13.2 Å². The van der Waals surface area contributed by atoms with Gasteiger partial charge in [-0.15, -0.1) is 0 Å². The van der Waals surface area contributed by atoms with Gasteiger partial charge in [-0.3, -0.25) is 14.2 Å². The van der Waals surface area contributed by atoms with Gasteiger partial charge in [-0.2, -0.15) is 23.4 Å². The van der Waals surface area contributed by atoms with Crippen LogP contribution < -0.4 is 5.32 Å². The van der Waals surface area contributed by atoms with Gasteiger partial charge in [-0.25, -0.2) is 4.79 Å². The number of halogens is 3. The largest absolute Gasteiger partial charge is 0.478 e. The molecular formula is C13H14F3N5O3. The van der Waals surface area contributed by atoms with E-state index in [0.717, 1.165) is 21.6 Å². The summed E-state index contributed by atoms with van der Waals surface area (Å²) in [5.41, 5.74) is -1.05. The zero-order valence-corrected chi connectivity index (χ0v) is 12.5. The lowest BCUT2D eigenvalue weighted by atomic mass is 10.3. The Labute approximate surface area is 133 Å². The fourth-order valence-electron chi connectivity index (χ4n) is 1.97. The molecule has 0 aliphatic heterocycles. The average Bonchev–Trinajstić information content (AvgIpc) is 3.06. The predicted octanol–water partition coefficient (Wildman–Crippen LogP) is 1.00. The third kappa shape index (κ3) is 4.57. The zero-order valence-electron chi connectivity index (χ0n) is 12.5. The first-order valence-corrected chi connectivity index (χ1v) is 6.81. The second-order valence-corrected chi connectivity index (χ2v) is 5.12. The van der Waals surface area contributed by atoms with Crippen molar-refractivity contribution in [3.05, 3.63) is 35.9 Å². The molecule has 2 aromatic heterocycles. The number of hydrogen-bond acceptors (Lipinski definition) is 4. The van der Waals surface area contributed by atoms with Crippen LogP contribution in [-0.2, 0) is 24.1 Å². The van der Waals surface area contributed by atoms with Crippen molar-refractivity contribution < 1.29 is 27.9 Å². The van der Waals surface area contributed by atoms with Gasteiger partial charge in [0, 0.05) is 18.4 Å². The second-order valence-electron chi connectivity index (χ2n) is 5.12. The molecule has 1 unspecified atom stereocenters. The van der Waals surface area contributed by atoms with Gasteiger partial charge in [0.2, 0.25) is 5.91 Å². The molecule has 0 radical (unpaired) electrons. The van der Waals surface area contributed by atoms with Gasteiger partial charge in [0.1, 0.15) is 6.54 Å². The number of alkyl halides is 3. The number of carbonyl (C=O) groups is 2. The molecule has 0 aliphatic rings. The number of aromatic nitrogens is 4. The molecule has 130 valence electrons. The molecule has 2 heterocycles. The van der Waals surface area contributed by atoms with Crippen LogP contribution in [-0.4, -0.2) is 42.6 Å². The maximum atomic E-state index is 12.5. The summed E-state index contributed by atoms with van der Waals surface area (Å²) in [5.74, 6) is -1.61. The molecular weight excluding hydrogens is 331 g/mol. The molecule has 0 saturated carbocycles. The Morgan fingerprint density at radius 1 is 1.38 bits per heavy atom. The Morgan fingerprint density at radius 3 is 2.62 bits per heavy atom. The van der Waals surface area contributed by atoms with Gasteiger partial charge in [0.15, 0.2) is 5.69 Å². The van der Waals surface area contributed by atoms with Crippen LogP contribution in [0.5, 0.6) is 0 Å². The molecule has 0 saturated heterocycles. The molecule has 0 bridgehead atoms. The zero-order chi connectivity index (χ0) is 17.9. The van der Waals surface area contributed by atoms with Gasteiger partial charge in [-0.1, -0.05) is 0 Å². The minimum absolute atomic E-state index is 0.0490. The Bertz CT molecular complexity index is 737. The molecule has 0 spiro atoms. The van der Waals surface area contributed by atoms with Crippen molar-refractivity contribution >= 4 is 11.9 Å². The smallest absolute Gasteiger partial charge is 0.435 e. The van der Waals surface area contributed by atoms with Crippen molar-refractivity contribution in [1.82, 2.24) is 24.9 Å². The van der Waals surface area contributed by atoms with E-state index in [1.54, 1.807) is 6.92 Å². The summed E-state index contributed by atoms with van der Waals surface area (Å²) >= 11 is 0. The Balaban J connectivity index is 1.87. The molecule has 0 aliphatic carbocycles. The van der Waals surface area contributed by atoms with Gasteiger partial charge in [0.25, 0.3) is 0 Å². The standard InChI is InChI=1S/C13H14F3N5O3/c1-8(5-20-3-2-10(19-20)13(14,15)16)18-11(22)7-21-6-9(4-17-21)12(23)24/h2-4,6,8H,5,7H2,1H3,(H,18,22)(H,23,24). The van der Waals surface area contributed by atoms with E-state index in [1.807, 2.05) is 0 Å². The predicted molar refractivity (Wildman–Crippen MR) is 74.0 cm³/mol. The second kappa shape index (κ2) is 6.72. The van der Waals surface area contributed by atoms with Crippen molar-refractivity contribution in [2.24, 2.45) is 0 Å². The van der Waals surface area contributed by atoms with E-state index in [4.69, 9.17) is 5.11 Å². The summed E-state index contributed by atoms with van der Waals surface area (Å²) in [5, 5.41) is 18.5. The number of hydrogen-bond donors (Lipinski definition) is 2. The van der Waals surface area contributed by atoms with Crippen LogP contribution in [0.3, 0.4) is 0 Å². The molecule has 8 nitrogen and oxygen atoms in total. The Kier molecular flexibility index (Phi) is 4.90. The molecule has 1 amide bonds.